The van der Waals surface area contributed by atoms with E-state index in [1.165, 1.54) is 18.9 Å². The summed E-state index contributed by atoms with van der Waals surface area (Å²) in [5.41, 5.74) is 1.22. The number of rotatable bonds is 4. The molecule has 0 radical (unpaired) electrons. The molecular formula is C18H14S4. The molecule has 2 aliphatic rings. The van der Waals surface area contributed by atoms with E-state index in [1.807, 2.05) is 65.2 Å². The molecule has 0 bridgehead atoms. The van der Waals surface area contributed by atoms with Gasteiger partial charge in [0.2, 0.25) is 0 Å². The van der Waals surface area contributed by atoms with Crippen molar-refractivity contribution < 1.29 is 0 Å². The predicted octanol–water partition coefficient (Wildman–Crippen LogP) is 7.21. The quantitative estimate of drug-likeness (QED) is 0.521. The van der Waals surface area contributed by atoms with Gasteiger partial charge in [0.15, 0.2) is 0 Å². The molecule has 110 valence electrons. The topological polar surface area (TPSA) is 0 Å². The van der Waals surface area contributed by atoms with Crippen molar-refractivity contribution >= 4 is 53.1 Å². The van der Waals surface area contributed by atoms with E-state index in [0.717, 1.165) is 0 Å². The second-order valence-corrected chi connectivity index (χ2v) is 8.65. The van der Waals surface area contributed by atoms with Crippen LogP contribution in [-0.4, -0.2) is 0 Å². The highest BCUT2D eigenvalue weighted by atomic mass is 32.2. The summed E-state index contributed by atoms with van der Waals surface area (Å²) in [4.78, 5) is 1.30. The van der Waals surface area contributed by atoms with Gasteiger partial charge in [-0.1, -0.05) is 108 Å². The summed E-state index contributed by atoms with van der Waals surface area (Å²) in [6, 6.07) is 10.3. The van der Waals surface area contributed by atoms with Crippen molar-refractivity contribution in [1.29, 1.82) is 0 Å². The molecule has 0 fully saturated rings. The van der Waals surface area contributed by atoms with Crippen LogP contribution in [-0.2, 0) is 0 Å². The monoisotopic (exact) mass is 358 g/mol. The average Bonchev–Trinajstić information content (AvgIpc) is 3.22. The summed E-state index contributed by atoms with van der Waals surface area (Å²) in [6.45, 7) is 0. The molecule has 0 spiro atoms. The lowest BCUT2D eigenvalue weighted by Crippen LogP contribution is -1.67. The summed E-state index contributed by atoms with van der Waals surface area (Å²) in [5, 5.41) is 6.50. The molecule has 0 aromatic heterocycles. The van der Waals surface area contributed by atoms with Gasteiger partial charge in [-0.3, -0.25) is 0 Å². The van der Waals surface area contributed by atoms with Gasteiger partial charge < -0.3 is 0 Å². The minimum absolute atomic E-state index is 1.22. The Bertz CT molecular complexity index is 681. The first kappa shape index (κ1) is 15.9. The number of allylic oxidation sites excluding steroid dienone is 5. The first-order chi connectivity index (χ1) is 10.9. The maximum Gasteiger partial charge on any atom is 0.0700 e. The summed E-state index contributed by atoms with van der Waals surface area (Å²) >= 11 is 7.30. The van der Waals surface area contributed by atoms with E-state index in [-0.39, 0.29) is 0 Å². The fourth-order valence-electron chi connectivity index (χ4n) is 1.74. The third-order valence-electron chi connectivity index (χ3n) is 2.75. The van der Waals surface area contributed by atoms with Gasteiger partial charge in [0.25, 0.3) is 0 Å². The molecular weight excluding hydrogens is 344 g/mol. The molecule has 3 rings (SSSR count). The Morgan fingerprint density at radius 3 is 2.18 bits per heavy atom. The van der Waals surface area contributed by atoms with Gasteiger partial charge in [0, 0.05) is 4.91 Å². The molecule has 1 aromatic rings. The average molecular weight is 359 g/mol. The first-order valence-corrected chi connectivity index (χ1v) is 10.2. The van der Waals surface area contributed by atoms with Crippen LogP contribution in [0.1, 0.15) is 5.56 Å². The lowest BCUT2D eigenvalue weighted by molar-refractivity contribution is 1.66. The van der Waals surface area contributed by atoms with Crippen molar-refractivity contribution in [3.8, 4) is 0 Å². The fraction of sp³-hybridized carbons (Fsp3) is 0. The van der Waals surface area contributed by atoms with Crippen LogP contribution in [0.4, 0.5) is 0 Å². The third-order valence-corrected chi connectivity index (χ3v) is 7.75. The van der Waals surface area contributed by atoms with Crippen LogP contribution in [0.3, 0.4) is 0 Å². The number of hydrogen-bond acceptors (Lipinski definition) is 4. The van der Waals surface area contributed by atoms with Crippen LogP contribution in [0.15, 0.2) is 90.3 Å². The van der Waals surface area contributed by atoms with Crippen LogP contribution in [0.2, 0.25) is 0 Å². The summed E-state index contributed by atoms with van der Waals surface area (Å²) in [5.74, 6) is 0. The Labute approximate surface area is 148 Å². The zero-order valence-electron chi connectivity index (χ0n) is 11.7. The fourth-order valence-corrected chi connectivity index (χ4v) is 6.10. The highest BCUT2D eigenvalue weighted by Gasteiger charge is 2.16. The zero-order chi connectivity index (χ0) is 15.0. The molecule has 0 amide bonds. The van der Waals surface area contributed by atoms with Gasteiger partial charge >= 0.3 is 0 Å². The van der Waals surface area contributed by atoms with Crippen molar-refractivity contribution in [3.63, 3.8) is 0 Å². The van der Waals surface area contributed by atoms with Gasteiger partial charge in [-0.2, -0.15) is 0 Å². The molecule has 0 nitrogen and oxygen atoms in total. The maximum atomic E-state index is 2.22. The summed E-state index contributed by atoms with van der Waals surface area (Å²) in [7, 11) is 0. The summed E-state index contributed by atoms with van der Waals surface area (Å²) < 4.78 is 2.79. The van der Waals surface area contributed by atoms with Gasteiger partial charge in [-0.15, -0.1) is 0 Å². The SMILES string of the molecule is C1=CSC(=C2SC=C(/C=C/C=C/C=C/c3ccccc3)S2)S1. The highest BCUT2D eigenvalue weighted by molar-refractivity contribution is 8.33. The minimum atomic E-state index is 1.22. The number of hydrogen-bond donors (Lipinski definition) is 0. The lowest BCUT2D eigenvalue weighted by atomic mass is 10.2. The Morgan fingerprint density at radius 1 is 0.682 bits per heavy atom. The second kappa shape index (κ2) is 8.63. The van der Waals surface area contributed by atoms with Gasteiger partial charge in [0.1, 0.15) is 0 Å². The molecule has 22 heavy (non-hydrogen) atoms. The first-order valence-electron chi connectivity index (χ1n) is 6.75. The molecule has 0 unspecified atom stereocenters. The maximum absolute atomic E-state index is 2.22. The van der Waals surface area contributed by atoms with Crippen molar-refractivity contribution in [2.45, 2.75) is 0 Å². The van der Waals surface area contributed by atoms with Gasteiger partial charge in [-0.25, -0.2) is 0 Å². The van der Waals surface area contributed by atoms with Crippen molar-refractivity contribution in [3.05, 3.63) is 95.9 Å². The van der Waals surface area contributed by atoms with Crippen LogP contribution in [0.5, 0.6) is 0 Å². The normalized spacial score (nSPS) is 18.5. The predicted molar refractivity (Wildman–Crippen MR) is 108 cm³/mol. The summed E-state index contributed by atoms with van der Waals surface area (Å²) in [6.07, 6.45) is 12.6. The Balaban J connectivity index is 1.48. The van der Waals surface area contributed by atoms with Crippen LogP contribution >= 0.6 is 47.0 Å². The molecule has 1 aromatic carbocycles. The van der Waals surface area contributed by atoms with E-state index in [4.69, 9.17) is 0 Å². The Morgan fingerprint density at radius 2 is 1.41 bits per heavy atom. The number of benzene rings is 1. The minimum Gasteiger partial charge on any atom is -0.0884 e. The van der Waals surface area contributed by atoms with E-state index in [0.29, 0.717) is 0 Å². The van der Waals surface area contributed by atoms with Crippen LogP contribution in [0, 0.1) is 0 Å². The van der Waals surface area contributed by atoms with Gasteiger partial charge in [-0.05, 0) is 27.9 Å². The van der Waals surface area contributed by atoms with Crippen molar-refractivity contribution in [1.82, 2.24) is 0 Å². The van der Waals surface area contributed by atoms with E-state index < -0.39 is 0 Å². The standard InChI is InChI=1S/C18H14S4/c1(4-8-15-9-5-3-6-10-15)2-7-11-16-14-21-18(22-16)17-19-12-13-20-17/h1-14H/b2-1+,8-4+,11-7+. The third kappa shape index (κ3) is 4.78. The molecule has 2 heterocycles. The molecule has 0 aliphatic carbocycles. The number of thioether (sulfide) groups is 4. The van der Waals surface area contributed by atoms with E-state index in [2.05, 4.69) is 64.8 Å². The van der Waals surface area contributed by atoms with E-state index in [1.54, 1.807) is 0 Å². The molecule has 2 aliphatic heterocycles. The second-order valence-electron chi connectivity index (χ2n) is 4.34. The Kier molecular flexibility index (Phi) is 6.25. The van der Waals surface area contributed by atoms with E-state index >= 15 is 0 Å². The van der Waals surface area contributed by atoms with E-state index in [9.17, 15) is 0 Å². The molecule has 0 saturated carbocycles. The zero-order valence-corrected chi connectivity index (χ0v) is 15.0. The van der Waals surface area contributed by atoms with Gasteiger partial charge in [0.05, 0.1) is 8.47 Å². The lowest BCUT2D eigenvalue weighted by Gasteiger charge is -1.99. The Hall–Kier alpha value is -0.940. The molecule has 4 heteroatoms. The highest BCUT2D eigenvalue weighted by Crippen LogP contribution is 2.53. The van der Waals surface area contributed by atoms with Crippen molar-refractivity contribution in [2.75, 3.05) is 0 Å². The molecule has 0 saturated heterocycles. The largest absolute Gasteiger partial charge is 0.0884 e. The molecule has 0 atom stereocenters. The smallest absolute Gasteiger partial charge is 0.0700 e. The van der Waals surface area contributed by atoms with Crippen molar-refractivity contribution in [2.24, 2.45) is 0 Å². The van der Waals surface area contributed by atoms with Crippen LogP contribution in [0.25, 0.3) is 6.08 Å². The van der Waals surface area contributed by atoms with Crippen LogP contribution < -0.4 is 0 Å². The molecule has 0 N–H and O–H groups in total.